The molecule has 0 spiro atoms. The minimum absolute atomic E-state index is 0.166. The van der Waals surface area contributed by atoms with Gasteiger partial charge in [-0.05, 0) is 26.0 Å². The third-order valence-electron chi connectivity index (χ3n) is 2.64. The van der Waals surface area contributed by atoms with Gasteiger partial charge < -0.3 is 4.57 Å². The summed E-state index contributed by atoms with van der Waals surface area (Å²) in [5.41, 5.74) is 1.50. The zero-order valence-electron chi connectivity index (χ0n) is 9.40. The largest absolute Gasteiger partial charge is 0.337 e. The van der Waals surface area contributed by atoms with E-state index in [1.807, 2.05) is 30.5 Å². The van der Waals surface area contributed by atoms with E-state index in [1.54, 1.807) is 6.07 Å². The van der Waals surface area contributed by atoms with Crippen LogP contribution in [0.1, 0.15) is 25.6 Å². The summed E-state index contributed by atoms with van der Waals surface area (Å²) in [4.78, 5) is 4.64. The molecule has 0 amide bonds. The van der Waals surface area contributed by atoms with Gasteiger partial charge in [-0.25, -0.2) is 10.3 Å². The number of hydrogen-bond donors (Lipinski definition) is 1. The molecular weight excluding hydrogens is 207 g/mol. The van der Waals surface area contributed by atoms with Gasteiger partial charge >= 0.3 is 0 Å². The fourth-order valence-electron chi connectivity index (χ4n) is 2.08. The zero-order valence-corrected chi connectivity index (χ0v) is 9.40. The summed E-state index contributed by atoms with van der Waals surface area (Å²) in [7, 11) is 0. The average Bonchev–Trinajstić information content (AvgIpc) is 2.58. The summed E-state index contributed by atoms with van der Waals surface area (Å²) < 4.78 is 15.7. The van der Waals surface area contributed by atoms with Gasteiger partial charge in [0.05, 0.1) is 5.52 Å². The van der Waals surface area contributed by atoms with Gasteiger partial charge in [0.25, 0.3) is 0 Å². The smallest absolute Gasteiger partial charge is 0.147 e. The van der Waals surface area contributed by atoms with E-state index < -0.39 is 0 Å². The molecule has 0 atom stereocenters. The molecule has 1 heterocycles. The Morgan fingerprint density at radius 3 is 2.81 bits per heavy atom. The molecule has 0 aliphatic heterocycles. The number of halogens is 1. The van der Waals surface area contributed by atoms with Crippen LogP contribution in [0, 0.1) is 5.82 Å². The Morgan fingerprint density at radius 2 is 2.19 bits per heavy atom. The number of fused-ring (bicyclic) bond motifs is 1. The maximum Gasteiger partial charge on any atom is 0.147 e. The lowest BCUT2D eigenvalue weighted by atomic mass is 10.2. The predicted octanol–water partition coefficient (Wildman–Crippen LogP) is 2.75. The van der Waals surface area contributed by atoms with Crippen molar-refractivity contribution in [2.75, 3.05) is 0 Å². The monoisotopic (exact) mass is 222 g/mol. The van der Waals surface area contributed by atoms with Crippen molar-refractivity contribution in [3.05, 3.63) is 35.8 Å². The maximum atomic E-state index is 13.8. The Bertz CT molecular complexity index is 505. The van der Waals surface area contributed by atoms with Crippen LogP contribution in [0.5, 0.6) is 0 Å². The van der Waals surface area contributed by atoms with Gasteiger partial charge in [-0.15, -0.1) is 0 Å². The molecule has 4 heteroatoms. The average molecular weight is 222 g/mol. The zero-order chi connectivity index (χ0) is 11.7. The van der Waals surface area contributed by atoms with Gasteiger partial charge in [0.15, 0.2) is 0 Å². The second-order valence-electron chi connectivity index (χ2n) is 4.09. The summed E-state index contributed by atoms with van der Waals surface area (Å²) in [6, 6.07) is 7.13. The molecular formula is C12H15FN2O. The van der Waals surface area contributed by atoms with Crippen molar-refractivity contribution in [2.24, 2.45) is 5.90 Å². The first-order chi connectivity index (χ1) is 7.65. The van der Waals surface area contributed by atoms with E-state index in [-0.39, 0.29) is 18.5 Å². The van der Waals surface area contributed by atoms with E-state index in [1.165, 1.54) is 6.07 Å². The minimum atomic E-state index is -0.213. The summed E-state index contributed by atoms with van der Waals surface area (Å²) in [6.45, 7) is 4.30. The second-order valence-corrected chi connectivity index (χ2v) is 4.09. The summed E-state index contributed by atoms with van der Waals surface area (Å²) in [6.07, 6.45) is 0. The van der Waals surface area contributed by atoms with Crippen LogP contribution in [0.4, 0.5) is 4.39 Å². The Balaban J connectivity index is 2.72. The molecule has 2 aromatic rings. The molecule has 16 heavy (non-hydrogen) atoms. The Kier molecular flexibility index (Phi) is 2.94. The summed E-state index contributed by atoms with van der Waals surface area (Å²) >= 11 is 0. The van der Waals surface area contributed by atoms with Gasteiger partial charge in [-0.1, -0.05) is 12.1 Å². The molecule has 1 aromatic heterocycles. The number of nitrogens with two attached hydrogens (primary N) is 1. The predicted molar refractivity (Wildman–Crippen MR) is 61.3 cm³/mol. The van der Waals surface area contributed by atoms with Crippen molar-refractivity contribution in [3.8, 4) is 0 Å². The van der Waals surface area contributed by atoms with Gasteiger partial charge in [0.2, 0.25) is 0 Å². The van der Waals surface area contributed by atoms with Crippen LogP contribution in [0.25, 0.3) is 10.9 Å². The number of rotatable bonds is 3. The molecule has 0 saturated heterocycles. The summed E-state index contributed by atoms with van der Waals surface area (Å²) in [5, 5.41) is 0.876. The van der Waals surface area contributed by atoms with Crippen molar-refractivity contribution in [1.29, 1.82) is 0 Å². The van der Waals surface area contributed by atoms with Crippen molar-refractivity contribution < 1.29 is 9.23 Å². The van der Waals surface area contributed by atoms with Crippen LogP contribution in [-0.2, 0) is 11.4 Å². The van der Waals surface area contributed by atoms with E-state index in [4.69, 9.17) is 5.90 Å². The molecule has 0 saturated carbocycles. The van der Waals surface area contributed by atoms with Crippen LogP contribution in [0.2, 0.25) is 0 Å². The van der Waals surface area contributed by atoms with E-state index in [2.05, 4.69) is 4.84 Å². The van der Waals surface area contributed by atoms with E-state index in [0.717, 1.165) is 11.1 Å². The van der Waals surface area contributed by atoms with Gasteiger partial charge in [0, 0.05) is 17.1 Å². The molecule has 3 nitrogen and oxygen atoms in total. The third-order valence-corrected chi connectivity index (χ3v) is 2.64. The minimum Gasteiger partial charge on any atom is -0.337 e. The van der Waals surface area contributed by atoms with Gasteiger partial charge in [-0.3, -0.25) is 4.84 Å². The quantitative estimate of drug-likeness (QED) is 0.811. The molecule has 2 N–H and O–H groups in total. The molecule has 0 aliphatic rings. The van der Waals surface area contributed by atoms with E-state index in [0.29, 0.717) is 5.52 Å². The van der Waals surface area contributed by atoms with Crippen LogP contribution >= 0.6 is 0 Å². The molecule has 0 fully saturated rings. The highest BCUT2D eigenvalue weighted by molar-refractivity contribution is 5.82. The Labute approximate surface area is 93.6 Å². The lowest BCUT2D eigenvalue weighted by molar-refractivity contribution is 0.118. The number of aromatic nitrogens is 1. The lowest BCUT2D eigenvalue weighted by Crippen LogP contribution is -2.09. The first-order valence-electron chi connectivity index (χ1n) is 5.25. The van der Waals surface area contributed by atoms with E-state index >= 15 is 0 Å². The fraction of sp³-hybridized carbons (Fsp3) is 0.333. The highest BCUT2D eigenvalue weighted by atomic mass is 19.1. The normalized spacial score (nSPS) is 11.6. The maximum absolute atomic E-state index is 13.8. The first kappa shape index (κ1) is 11.1. The van der Waals surface area contributed by atoms with Crippen LogP contribution < -0.4 is 5.90 Å². The molecule has 1 aromatic carbocycles. The number of nitrogens with zero attached hydrogens (tertiary/aromatic N) is 1. The van der Waals surface area contributed by atoms with Crippen molar-refractivity contribution in [2.45, 2.75) is 26.5 Å². The highest BCUT2D eigenvalue weighted by Gasteiger charge is 2.14. The molecule has 0 unspecified atom stereocenters. The number of hydrogen-bond acceptors (Lipinski definition) is 2. The van der Waals surface area contributed by atoms with Crippen molar-refractivity contribution in [1.82, 2.24) is 4.57 Å². The molecule has 0 aliphatic carbocycles. The second kappa shape index (κ2) is 4.23. The van der Waals surface area contributed by atoms with Crippen molar-refractivity contribution in [3.63, 3.8) is 0 Å². The SMILES string of the molecule is CC(C)n1c(CON)cc2cccc(F)c21. The number of para-hydroxylation sites is 1. The standard InChI is InChI=1S/C12H15FN2O/c1-8(2)15-10(7-16-14)6-9-4-3-5-11(13)12(9)15/h3-6,8H,7,14H2,1-2H3. The fourth-order valence-corrected chi connectivity index (χ4v) is 2.08. The third kappa shape index (κ3) is 1.70. The Hall–Kier alpha value is -1.39. The van der Waals surface area contributed by atoms with Gasteiger partial charge in [0.1, 0.15) is 12.4 Å². The highest BCUT2D eigenvalue weighted by Crippen LogP contribution is 2.26. The molecule has 0 bridgehead atoms. The lowest BCUT2D eigenvalue weighted by Gasteiger charge is -2.14. The number of benzene rings is 1. The summed E-state index contributed by atoms with van der Waals surface area (Å²) in [5.74, 6) is 4.87. The van der Waals surface area contributed by atoms with E-state index in [9.17, 15) is 4.39 Å². The van der Waals surface area contributed by atoms with Crippen molar-refractivity contribution >= 4 is 10.9 Å². The van der Waals surface area contributed by atoms with Crippen LogP contribution in [-0.4, -0.2) is 4.57 Å². The Morgan fingerprint density at radius 1 is 1.44 bits per heavy atom. The molecule has 0 radical (unpaired) electrons. The molecule has 86 valence electrons. The first-order valence-corrected chi connectivity index (χ1v) is 5.25. The topological polar surface area (TPSA) is 40.2 Å². The van der Waals surface area contributed by atoms with Crippen LogP contribution in [0.3, 0.4) is 0 Å². The van der Waals surface area contributed by atoms with Crippen LogP contribution in [0.15, 0.2) is 24.3 Å². The van der Waals surface area contributed by atoms with Gasteiger partial charge in [-0.2, -0.15) is 0 Å². The molecule has 2 rings (SSSR count).